The summed E-state index contributed by atoms with van der Waals surface area (Å²) in [6, 6.07) is 17.5. The molecule has 0 aromatic heterocycles. The Labute approximate surface area is 129 Å². The van der Waals surface area contributed by atoms with Gasteiger partial charge in [-0.2, -0.15) is 0 Å². The number of rotatable bonds is 7. The highest BCUT2D eigenvalue weighted by molar-refractivity contribution is 7.48. The van der Waals surface area contributed by atoms with Crippen LogP contribution in [0.1, 0.15) is 22.0 Å². The second-order valence-corrected chi connectivity index (χ2v) is 6.27. The minimum atomic E-state index is -3.80. The zero-order valence-corrected chi connectivity index (χ0v) is 13.2. The Morgan fingerprint density at radius 3 is 1.91 bits per heavy atom. The van der Waals surface area contributed by atoms with E-state index in [2.05, 4.69) is 0 Å². The molecule has 0 heterocycles. The number of ketones is 1. The van der Waals surface area contributed by atoms with Crippen LogP contribution in [0.3, 0.4) is 0 Å². The topological polar surface area (TPSA) is 61.8 Å². The number of hydrogen-bond donors (Lipinski definition) is 0. The van der Waals surface area contributed by atoms with Crippen molar-refractivity contribution in [2.75, 3.05) is 14.2 Å². The Bertz CT molecular complexity index is 649. The zero-order valence-electron chi connectivity index (χ0n) is 12.3. The minimum Gasteiger partial charge on any atom is -0.291 e. The summed E-state index contributed by atoms with van der Waals surface area (Å²) in [6.07, 6.45) is -1.07. The van der Waals surface area contributed by atoms with Crippen molar-refractivity contribution < 1.29 is 22.9 Å². The second kappa shape index (κ2) is 7.47. The third kappa shape index (κ3) is 3.90. The third-order valence-corrected chi connectivity index (χ3v) is 4.44. The molecule has 2 rings (SSSR count). The SMILES string of the molecule is COP(=O)(OC)O[C@H](C(=O)c1ccccc1)c1ccccc1. The van der Waals surface area contributed by atoms with Crippen LogP contribution in [0.5, 0.6) is 0 Å². The summed E-state index contributed by atoms with van der Waals surface area (Å²) in [5.41, 5.74) is 1.03. The highest BCUT2D eigenvalue weighted by Crippen LogP contribution is 2.52. The molecule has 0 aliphatic rings. The lowest BCUT2D eigenvalue weighted by atomic mass is 10.0. The molecule has 0 fully saturated rings. The highest BCUT2D eigenvalue weighted by Gasteiger charge is 2.33. The standard InChI is InChI=1S/C16H17O5P/c1-19-22(18,20-2)21-16(14-11-7-4-8-12-14)15(17)13-9-5-3-6-10-13/h3-12,16H,1-2H3/t16-/m0/s1. The summed E-state index contributed by atoms with van der Waals surface area (Å²) in [7, 11) is -1.38. The van der Waals surface area contributed by atoms with E-state index in [0.717, 1.165) is 0 Å². The Hall–Kier alpha value is -1.78. The van der Waals surface area contributed by atoms with Gasteiger partial charge >= 0.3 is 7.82 Å². The van der Waals surface area contributed by atoms with Crippen LogP contribution in [0, 0.1) is 0 Å². The normalized spacial score (nSPS) is 12.8. The molecule has 0 N–H and O–H groups in total. The molecule has 0 radical (unpaired) electrons. The van der Waals surface area contributed by atoms with Gasteiger partial charge in [0.25, 0.3) is 0 Å². The Balaban J connectivity index is 2.38. The molecule has 5 nitrogen and oxygen atoms in total. The van der Waals surface area contributed by atoms with Crippen molar-refractivity contribution in [3.8, 4) is 0 Å². The van der Waals surface area contributed by atoms with Crippen molar-refractivity contribution in [3.05, 3.63) is 71.8 Å². The Morgan fingerprint density at radius 2 is 1.41 bits per heavy atom. The molecule has 2 aromatic carbocycles. The zero-order chi connectivity index (χ0) is 16.0. The molecular weight excluding hydrogens is 303 g/mol. The maximum Gasteiger partial charge on any atom is 0.475 e. The Kier molecular flexibility index (Phi) is 5.63. The van der Waals surface area contributed by atoms with Crippen molar-refractivity contribution in [1.29, 1.82) is 0 Å². The van der Waals surface area contributed by atoms with Crippen LogP contribution in [0.15, 0.2) is 60.7 Å². The largest absolute Gasteiger partial charge is 0.475 e. The highest BCUT2D eigenvalue weighted by atomic mass is 31.2. The molecule has 0 saturated carbocycles. The van der Waals surface area contributed by atoms with Gasteiger partial charge in [0.15, 0.2) is 11.9 Å². The van der Waals surface area contributed by atoms with E-state index in [9.17, 15) is 9.36 Å². The first kappa shape index (κ1) is 16.6. The van der Waals surface area contributed by atoms with Gasteiger partial charge in [0.2, 0.25) is 0 Å². The van der Waals surface area contributed by atoms with Crippen LogP contribution in [-0.4, -0.2) is 20.0 Å². The quantitative estimate of drug-likeness (QED) is 0.569. The van der Waals surface area contributed by atoms with E-state index < -0.39 is 13.9 Å². The van der Waals surface area contributed by atoms with E-state index in [1.807, 2.05) is 12.1 Å². The first-order valence-corrected chi connectivity index (χ1v) is 8.10. The summed E-state index contributed by atoms with van der Waals surface area (Å²) >= 11 is 0. The van der Waals surface area contributed by atoms with E-state index in [1.165, 1.54) is 14.2 Å². The molecule has 0 aliphatic heterocycles. The maximum absolute atomic E-state index is 12.7. The fourth-order valence-electron chi connectivity index (χ4n) is 1.93. The summed E-state index contributed by atoms with van der Waals surface area (Å²) < 4.78 is 27.2. The fourth-order valence-corrected chi connectivity index (χ4v) is 2.73. The van der Waals surface area contributed by atoms with Crippen molar-refractivity contribution >= 4 is 13.6 Å². The minimum absolute atomic E-state index is 0.318. The van der Waals surface area contributed by atoms with Crippen LogP contribution in [0.4, 0.5) is 0 Å². The van der Waals surface area contributed by atoms with Crippen LogP contribution >= 0.6 is 7.82 Å². The maximum atomic E-state index is 12.7. The number of carbonyl (C=O) groups is 1. The van der Waals surface area contributed by atoms with Crippen LogP contribution in [0.25, 0.3) is 0 Å². The van der Waals surface area contributed by atoms with Gasteiger partial charge in [0.05, 0.1) is 0 Å². The average molecular weight is 320 g/mol. The van der Waals surface area contributed by atoms with Gasteiger partial charge in [-0.1, -0.05) is 60.7 Å². The number of Topliss-reactive ketones (excluding diaryl/α,β-unsaturated/α-hetero) is 1. The van der Waals surface area contributed by atoms with Gasteiger partial charge < -0.3 is 0 Å². The summed E-state index contributed by atoms with van der Waals surface area (Å²) in [6.45, 7) is 0. The lowest BCUT2D eigenvalue weighted by Crippen LogP contribution is -2.16. The van der Waals surface area contributed by atoms with Crippen LogP contribution in [0.2, 0.25) is 0 Å². The van der Waals surface area contributed by atoms with Crippen LogP contribution < -0.4 is 0 Å². The predicted molar refractivity (Wildman–Crippen MR) is 82.7 cm³/mol. The molecule has 6 heteroatoms. The van der Waals surface area contributed by atoms with Crippen LogP contribution in [-0.2, 0) is 18.1 Å². The van der Waals surface area contributed by atoms with E-state index in [-0.39, 0.29) is 5.78 Å². The van der Waals surface area contributed by atoms with Gasteiger partial charge in [0.1, 0.15) is 0 Å². The van der Waals surface area contributed by atoms with Crippen molar-refractivity contribution in [2.24, 2.45) is 0 Å². The smallest absolute Gasteiger partial charge is 0.291 e. The lowest BCUT2D eigenvalue weighted by molar-refractivity contribution is 0.0657. The summed E-state index contributed by atoms with van der Waals surface area (Å²) in [5.74, 6) is -0.318. The van der Waals surface area contributed by atoms with E-state index in [4.69, 9.17) is 13.6 Å². The van der Waals surface area contributed by atoms with Gasteiger partial charge in [0, 0.05) is 19.8 Å². The van der Waals surface area contributed by atoms with E-state index in [0.29, 0.717) is 11.1 Å². The van der Waals surface area contributed by atoms with E-state index in [1.54, 1.807) is 48.5 Å². The molecule has 0 unspecified atom stereocenters. The number of benzene rings is 2. The van der Waals surface area contributed by atoms with Crippen molar-refractivity contribution in [1.82, 2.24) is 0 Å². The van der Waals surface area contributed by atoms with Gasteiger partial charge in [-0.15, -0.1) is 0 Å². The first-order chi connectivity index (χ1) is 10.6. The molecule has 22 heavy (non-hydrogen) atoms. The fraction of sp³-hybridized carbons (Fsp3) is 0.188. The van der Waals surface area contributed by atoms with Crippen molar-refractivity contribution in [3.63, 3.8) is 0 Å². The monoisotopic (exact) mass is 320 g/mol. The second-order valence-electron chi connectivity index (χ2n) is 4.44. The Morgan fingerprint density at radius 1 is 0.909 bits per heavy atom. The predicted octanol–water partition coefficient (Wildman–Crippen LogP) is 4.03. The molecule has 0 aliphatic carbocycles. The summed E-state index contributed by atoms with van der Waals surface area (Å²) in [4.78, 5) is 12.7. The number of hydrogen-bond acceptors (Lipinski definition) is 5. The molecule has 0 spiro atoms. The average Bonchev–Trinajstić information content (AvgIpc) is 2.60. The molecular formula is C16H17O5P. The van der Waals surface area contributed by atoms with Gasteiger partial charge in [-0.25, -0.2) is 4.57 Å². The molecule has 1 atom stereocenters. The molecule has 0 bridgehead atoms. The molecule has 2 aromatic rings. The molecule has 0 amide bonds. The first-order valence-electron chi connectivity index (χ1n) is 6.64. The third-order valence-electron chi connectivity index (χ3n) is 3.08. The summed E-state index contributed by atoms with van der Waals surface area (Å²) in [5, 5.41) is 0. The number of phosphoric ester groups is 1. The van der Waals surface area contributed by atoms with Gasteiger partial charge in [-0.3, -0.25) is 18.4 Å². The van der Waals surface area contributed by atoms with E-state index >= 15 is 0 Å². The lowest BCUT2D eigenvalue weighted by Gasteiger charge is -2.21. The number of carbonyl (C=O) groups excluding carboxylic acids is 1. The van der Waals surface area contributed by atoms with Gasteiger partial charge in [-0.05, 0) is 5.56 Å². The van der Waals surface area contributed by atoms with Crippen molar-refractivity contribution in [2.45, 2.75) is 6.10 Å². The molecule has 116 valence electrons. The number of phosphoric acid groups is 1. The molecule has 0 saturated heterocycles.